The number of rotatable bonds is 8. The van der Waals surface area contributed by atoms with Crippen molar-refractivity contribution in [1.29, 1.82) is 0 Å². The summed E-state index contributed by atoms with van der Waals surface area (Å²) in [7, 11) is 0. The van der Waals surface area contributed by atoms with Gasteiger partial charge in [0.25, 0.3) is 0 Å². The number of anilines is 1. The van der Waals surface area contributed by atoms with E-state index in [4.69, 9.17) is 0 Å². The smallest absolute Gasteiger partial charge is 0.189 e. The Balaban J connectivity index is 2.04. The molecule has 0 aliphatic rings. The third-order valence-electron chi connectivity index (χ3n) is 4.89. The molecule has 0 aliphatic carbocycles. The number of aryl methyl sites for hydroxylation is 1. The Hall–Kier alpha value is -2.02. The number of nitrogens with zero attached hydrogens (tertiary/aromatic N) is 5. The van der Waals surface area contributed by atoms with Crippen molar-refractivity contribution in [3.8, 4) is 5.69 Å². The fraction of sp³-hybridized carbons (Fsp3) is 0.524. The topological polar surface area (TPSA) is 68.5 Å². The molecular formula is C21H29BrN6. The normalized spacial score (nSPS) is 11.7. The minimum absolute atomic E-state index is 0.384. The highest BCUT2D eigenvalue weighted by Gasteiger charge is 2.18. The van der Waals surface area contributed by atoms with E-state index in [1.54, 1.807) is 4.68 Å². The van der Waals surface area contributed by atoms with Crippen molar-refractivity contribution >= 4 is 32.9 Å². The maximum absolute atomic E-state index is 4.64. The van der Waals surface area contributed by atoms with Gasteiger partial charge in [0.05, 0.1) is 5.69 Å². The Bertz CT molecular complexity index is 943. The van der Waals surface area contributed by atoms with E-state index in [-0.39, 0.29) is 0 Å². The van der Waals surface area contributed by atoms with E-state index in [1.165, 1.54) is 5.56 Å². The number of aromatic nitrogens is 5. The number of halogens is 1. The summed E-state index contributed by atoms with van der Waals surface area (Å²) in [6.45, 7) is 10.7. The van der Waals surface area contributed by atoms with Crippen molar-refractivity contribution in [3.63, 3.8) is 0 Å². The van der Waals surface area contributed by atoms with Gasteiger partial charge in [0, 0.05) is 10.5 Å². The lowest BCUT2D eigenvalue weighted by atomic mass is 10.0. The molecule has 2 aromatic heterocycles. The van der Waals surface area contributed by atoms with Crippen LogP contribution >= 0.6 is 15.9 Å². The van der Waals surface area contributed by atoms with Crippen LogP contribution < -0.4 is 5.32 Å². The first-order chi connectivity index (χ1) is 13.4. The fourth-order valence-electron chi connectivity index (χ4n) is 3.42. The van der Waals surface area contributed by atoms with Crippen LogP contribution in [0.4, 0.5) is 5.82 Å². The van der Waals surface area contributed by atoms with Gasteiger partial charge in [-0.05, 0) is 59.3 Å². The predicted molar refractivity (Wildman–Crippen MR) is 118 cm³/mol. The maximum Gasteiger partial charge on any atom is 0.189 e. The van der Waals surface area contributed by atoms with Crippen LogP contribution in [0.3, 0.4) is 0 Å². The Morgan fingerprint density at radius 3 is 2.43 bits per heavy atom. The van der Waals surface area contributed by atoms with Gasteiger partial charge in [0.1, 0.15) is 5.82 Å². The van der Waals surface area contributed by atoms with Crippen molar-refractivity contribution in [2.75, 3.05) is 5.32 Å². The summed E-state index contributed by atoms with van der Waals surface area (Å²) in [5, 5.41) is 12.4. The van der Waals surface area contributed by atoms with Crippen molar-refractivity contribution in [2.45, 2.75) is 72.3 Å². The highest BCUT2D eigenvalue weighted by Crippen LogP contribution is 2.29. The van der Waals surface area contributed by atoms with E-state index in [0.717, 1.165) is 47.3 Å². The predicted octanol–water partition coefficient (Wildman–Crippen LogP) is 5.79. The van der Waals surface area contributed by atoms with Crippen LogP contribution in [0.15, 0.2) is 22.7 Å². The Kier molecular flexibility index (Phi) is 6.65. The zero-order valence-corrected chi connectivity index (χ0v) is 18.9. The largest absolute Gasteiger partial charge is 0.365 e. The molecule has 0 bridgehead atoms. The molecule has 2 heterocycles. The molecule has 0 spiro atoms. The van der Waals surface area contributed by atoms with E-state index in [9.17, 15) is 0 Å². The minimum Gasteiger partial charge on any atom is -0.365 e. The average molecular weight is 445 g/mol. The lowest BCUT2D eigenvalue weighted by molar-refractivity contribution is 0.584. The average Bonchev–Trinajstić information content (AvgIpc) is 3.05. The number of benzene rings is 1. The Labute approximate surface area is 175 Å². The number of nitrogens with one attached hydrogen (secondary N) is 1. The first-order valence-corrected chi connectivity index (χ1v) is 10.9. The van der Waals surface area contributed by atoms with Crippen LogP contribution in [0.2, 0.25) is 0 Å². The van der Waals surface area contributed by atoms with Crippen molar-refractivity contribution in [3.05, 3.63) is 34.1 Å². The Morgan fingerprint density at radius 1 is 1.11 bits per heavy atom. The fourth-order valence-corrected chi connectivity index (χ4v) is 3.98. The van der Waals surface area contributed by atoms with Gasteiger partial charge in [-0.1, -0.05) is 51.8 Å². The summed E-state index contributed by atoms with van der Waals surface area (Å²) in [4.78, 5) is 9.26. The first kappa shape index (κ1) is 20.7. The second kappa shape index (κ2) is 8.99. The molecule has 28 heavy (non-hydrogen) atoms. The third kappa shape index (κ3) is 4.35. The molecule has 6 nitrogen and oxygen atoms in total. The Morgan fingerprint density at radius 2 is 1.82 bits per heavy atom. The summed E-state index contributed by atoms with van der Waals surface area (Å²) in [6.07, 6.45) is 4.48. The SMILES string of the molecule is CCCC(CCC)Nc1nc(C)nc2c1nnn2-c1ccc(C(C)C)cc1Br. The molecule has 0 saturated heterocycles. The van der Waals surface area contributed by atoms with Gasteiger partial charge in [0.2, 0.25) is 0 Å². The summed E-state index contributed by atoms with van der Waals surface area (Å²) in [5.74, 6) is 1.95. The molecule has 3 rings (SSSR count). The van der Waals surface area contributed by atoms with Crippen LogP contribution in [0.25, 0.3) is 16.9 Å². The van der Waals surface area contributed by atoms with Crippen molar-refractivity contribution in [1.82, 2.24) is 25.0 Å². The molecule has 0 fully saturated rings. The van der Waals surface area contributed by atoms with Gasteiger partial charge < -0.3 is 5.32 Å². The second-order valence-corrected chi connectivity index (χ2v) is 8.43. The van der Waals surface area contributed by atoms with E-state index in [2.05, 4.69) is 87.4 Å². The van der Waals surface area contributed by atoms with E-state index in [1.807, 2.05) is 6.92 Å². The van der Waals surface area contributed by atoms with Gasteiger partial charge in [-0.15, -0.1) is 5.10 Å². The van der Waals surface area contributed by atoms with Gasteiger partial charge in [-0.3, -0.25) is 0 Å². The highest BCUT2D eigenvalue weighted by atomic mass is 79.9. The summed E-state index contributed by atoms with van der Waals surface area (Å²) in [6, 6.07) is 6.72. The van der Waals surface area contributed by atoms with Gasteiger partial charge in [-0.25, -0.2) is 9.97 Å². The van der Waals surface area contributed by atoms with Crippen LogP contribution in [0.1, 0.15) is 70.7 Å². The van der Waals surface area contributed by atoms with E-state index >= 15 is 0 Å². The van der Waals surface area contributed by atoms with Gasteiger partial charge in [0.15, 0.2) is 17.0 Å². The minimum atomic E-state index is 0.384. The van der Waals surface area contributed by atoms with Crippen LogP contribution in [0, 0.1) is 6.92 Å². The molecule has 1 N–H and O–H groups in total. The van der Waals surface area contributed by atoms with Crippen molar-refractivity contribution in [2.24, 2.45) is 0 Å². The van der Waals surface area contributed by atoms with Crippen LogP contribution in [-0.4, -0.2) is 31.0 Å². The third-order valence-corrected chi connectivity index (χ3v) is 5.53. The molecule has 0 unspecified atom stereocenters. The molecule has 0 aliphatic heterocycles. The highest BCUT2D eigenvalue weighted by molar-refractivity contribution is 9.10. The molecule has 150 valence electrons. The standard InChI is InChI=1S/C21H29BrN6/c1-6-8-16(9-7-2)25-20-19-21(24-14(5)23-20)28(27-26-19)18-11-10-15(13(3)4)12-17(18)22/h10-13,16H,6-9H2,1-5H3,(H,23,24,25). The monoisotopic (exact) mass is 444 g/mol. The van der Waals surface area contributed by atoms with Crippen LogP contribution in [0.5, 0.6) is 0 Å². The van der Waals surface area contributed by atoms with Gasteiger partial charge >= 0.3 is 0 Å². The number of hydrogen-bond donors (Lipinski definition) is 1. The molecular weight excluding hydrogens is 416 g/mol. The molecule has 0 amide bonds. The summed E-state index contributed by atoms with van der Waals surface area (Å²) in [5.41, 5.74) is 3.63. The summed E-state index contributed by atoms with van der Waals surface area (Å²) < 4.78 is 2.77. The zero-order valence-electron chi connectivity index (χ0n) is 17.3. The zero-order chi connectivity index (χ0) is 20.3. The molecule has 7 heteroatoms. The molecule has 1 aromatic carbocycles. The molecule has 0 atom stereocenters. The second-order valence-electron chi connectivity index (χ2n) is 7.58. The molecule has 0 radical (unpaired) electrons. The molecule has 3 aromatic rings. The molecule has 0 saturated carbocycles. The lowest BCUT2D eigenvalue weighted by Gasteiger charge is -2.18. The van der Waals surface area contributed by atoms with Crippen molar-refractivity contribution < 1.29 is 0 Å². The van der Waals surface area contributed by atoms with E-state index < -0.39 is 0 Å². The summed E-state index contributed by atoms with van der Waals surface area (Å²) >= 11 is 3.69. The van der Waals surface area contributed by atoms with E-state index in [0.29, 0.717) is 23.3 Å². The first-order valence-electron chi connectivity index (χ1n) is 10.1. The lowest BCUT2D eigenvalue weighted by Crippen LogP contribution is -2.20. The number of fused-ring (bicyclic) bond motifs is 1. The number of hydrogen-bond acceptors (Lipinski definition) is 5. The van der Waals surface area contributed by atoms with Gasteiger partial charge in [-0.2, -0.15) is 4.68 Å². The maximum atomic E-state index is 4.64. The van der Waals surface area contributed by atoms with Crippen LogP contribution in [-0.2, 0) is 0 Å². The quantitative estimate of drug-likeness (QED) is 0.476.